The van der Waals surface area contributed by atoms with Crippen LogP contribution in [0, 0.1) is 6.92 Å². The minimum absolute atomic E-state index is 0.00909. The number of aryl methyl sites for hydroxylation is 1. The molecule has 3 rings (SSSR count). The van der Waals surface area contributed by atoms with Gasteiger partial charge in [-0.3, -0.25) is 9.52 Å². The van der Waals surface area contributed by atoms with Crippen LogP contribution in [0.1, 0.15) is 15.9 Å². The largest absolute Gasteiger partial charge is 0.495 e. The molecule has 8 nitrogen and oxygen atoms in total. The van der Waals surface area contributed by atoms with Crippen molar-refractivity contribution in [1.29, 1.82) is 0 Å². The van der Waals surface area contributed by atoms with Crippen molar-refractivity contribution < 1.29 is 27.5 Å². The summed E-state index contributed by atoms with van der Waals surface area (Å²) in [5.41, 5.74) is 1.75. The molecule has 0 fully saturated rings. The first-order chi connectivity index (χ1) is 15.7. The predicted octanol–water partition coefficient (Wildman–Crippen LogP) is 4.36. The molecule has 3 aromatic carbocycles. The van der Waals surface area contributed by atoms with Crippen molar-refractivity contribution in [3.8, 4) is 5.75 Å². The van der Waals surface area contributed by atoms with Gasteiger partial charge in [0.25, 0.3) is 15.9 Å². The number of para-hydroxylation sites is 2. The number of esters is 1. The van der Waals surface area contributed by atoms with E-state index < -0.39 is 28.5 Å². The van der Waals surface area contributed by atoms with E-state index in [-0.39, 0.29) is 16.1 Å². The van der Waals surface area contributed by atoms with Gasteiger partial charge in [0.15, 0.2) is 6.61 Å². The second-order valence-corrected chi connectivity index (χ2v) is 9.46. The first kappa shape index (κ1) is 24.3. The number of nitrogens with one attached hydrogen (secondary N) is 2. The quantitative estimate of drug-likeness (QED) is 0.417. The lowest BCUT2D eigenvalue weighted by molar-refractivity contribution is -0.119. The lowest BCUT2D eigenvalue weighted by atomic mass is 10.2. The van der Waals surface area contributed by atoms with Crippen molar-refractivity contribution in [2.75, 3.05) is 23.8 Å². The zero-order valence-electron chi connectivity index (χ0n) is 17.8. The van der Waals surface area contributed by atoms with Gasteiger partial charge in [0.05, 0.1) is 23.3 Å². The van der Waals surface area contributed by atoms with Crippen LogP contribution in [-0.2, 0) is 19.6 Å². The van der Waals surface area contributed by atoms with Crippen molar-refractivity contribution >= 4 is 49.2 Å². The molecule has 0 aliphatic carbocycles. The molecule has 0 unspecified atom stereocenters. The number of hydrogen-bond acceptors (Lipinski definition) is 6. The average Bonchev–Trinajstić information content (AvgIpc) is 2.80. The molecule has 10 heteroatoms. The third-order valence-electron chi connectivity index (χ3n) is 4.51. The molecular weight excluding hydrogens is 512 g/mol. The number of methoxy groups -OCH3 is 1. The van der Waals surface area contributed by atoms with Gasteiger partial charge in [-0.05, 0) is 61.0 Å². The lowest BCUT2D eigenvalue weighted by Gasteiger charge is -2.12. The topological polar surface area (TPSA) is 111 Å². The predicted molar refractivity (Wildman–Crippen MR) is 128 cm³/mol. The third-order valence-corrected chi connectivity index (χ3v) is 6.76. The molecule has 0 aliphatic heterocycles. The van der Waals surface area contributed by atoms with Crippen LogP contribution < -0.4 is 14.8 Å². The van der Waals surface area contributed by atoms with Crippen molar-refractivity contribution in [2.24, 2.45) is 0 Å². The maximum Gasteiger partial charge on any atom is 0.338 e. The highest BCUT2D eigenvalue weighted by Gasteiger charge is 2.19. The minimum Gasteiger partial charge on any atom is -0.495 e. The molecular formula is C23H21BrN2O6S. The molecule has 0 heterocycles. The van der Waals surface area contributed by atoms with E-state index in [4.69, 9.17) is 9.47 Å². The van der Waals surface area contributed by atoms with E-state index in [1.807, 2.05) is 6.92 Å². The van der Waals surface area contributed by atoms with Crippen LogP contribution in [0.2, 0.25) is 0 Å². The van der Waals surface area contributed by atoms with Crippen LogP contribution in [0.5, 0.6) is 5.75 Å². The lowest BCUT2D eigenvalue weighted by Crippen LogP contribution is -2.21. The fourth-order valence-electron chi connectivity index (χ4n) is 2.86. The second-order valence-electron chi connectivity index (χ2n) is 6.92. The Kier molecular flexibility index (Phi) is 7.72. The highest BCUT2D eigenvalue weighted by Crippen LogP contribution is 2.26. The molecule has 0 saturated carbocycles. The van der Waals surface area contributed by atoms with E-state index in [1.54, 1.807) is 42.5 Å². The number of ether oxygens (including phenoxy) is 2. The molecule has 3 aromatic rings. The number of halogens is 1. The first-order valence-electron chi connectivity index (χ1n) is 9.68. The van der Waals surface area contributed by atoms with E-state index in [0.717, 1.165) is 10.0 Å². The van der Waals surface area contributed by atoms with Crippen LogP contribution in [0.4, 0.5) is 11.4 Å². The van der Waals surface area contributed by atoms with Crippen LogP contribution in [-0.4, -0.2) is 34.0 Å². The monoisotopic (exact) mass is 532 g/mol. The van der Waals surface area contributed by atoms with Gasteiger partial charge >= 0.3 is 5.97 Å². The Bertz CT molecular complexity index is 1290. The molecule has 1 amide bonds. The first-order valence-corrected chi connectivity index (χ1v) is 12.0. The highest BCUT2D eigenvalue weighted by atomic mass is 79.9. The molecule has 0 radical (unpaired) electrons. The number of anilines is 2. The normalized spacial score (nSPS) is 10.9. The number of sulfonamides is 1. The summed E-state index contributed by atoms with van der Waals surface area (Å²) in [7, 11) is -2.57. The smallest absolute Gasteiger partial charge is 0.338 e. The van der Waals surface area contributed by atoms with Crippen LogP contribution >= 0.6 is 15.9 Å². The molecule has 2 N–H and O–H groups in total. The number of rotatable bonds is 8. The molecule has 0 aromatic heterocycles. The fraction of sp³-hybridized carbons (Fsp3) is 0.130. The third kappa shape index (κ3) is 6.33. The zero-order chi connectivity index (χ0) is 24.0. The van der Waals surface area contributed by atoms with Gasteiger partial charge in [0, 0.05) is 10.2 Å². The van der Waals surface area contributed by atoms with Gasteiger partial charge in [-0.2, -0.15) is 0 Å². The van der Waals surface area contributed by atoms with E-state index >= 15 is 0 Å². The van der Waals surface area contributed by atoms with Crippen LogP contribution in [0.15, 0.2) is 76.1 Å². The summed E-state index contributed by atoms with van der Waals surface area (Å²) in [4.78, 5) is 24.4. The summed E-state index contributed by atoms with van der Waals surface area (Å²) in [6.45, 7) is 1.36. The van der Waals surface area contributed by atoms with Gasteiger partial charge in [0.1, 0.15) is 5.75 Å². The number of carbonyl (C=O) groups excluding carboxylic acids is 2. The fourth-order valence-corrected chi connectivity index (χ4v) is 4.22. The van der Waals surface area contributed by atoms with Crippen LogP contribution in [0.3, 0.4) is 0 Å². The number of benzene rings is 3. The van der Waals surface area contributed by atoms with E-state index in [9.17, 15) is 18.0 Å². The number of hydrogen-bond donors (Lipinski definition) is 2. The summed E-state index contributed by atoms with van der Waals surface area (Å²) in [5, 5.41) is 2.64. The molecule has 0 spiro atoms. The molecule has 0 saturated heterocycles. The van der Waals surface area contributed by atoms with E-state index in [2.05, 4.69) is 26.0 Å². The Morgan fingerprint density at radius 1 is 1.00 bits per heavy atom. The molecule has 172 valence electrons. The summed E-state index contributed by atoms with van der Waals surface area (Å²) < 4.78 is 39.1. The van der Waals surface area contributed by atoms with Gasteiger partial charge < -0.3 is 14.8 Å². The second kappa shape index (κ2) is 10.5. The highest BCUT2D eigenvalue weighted by molar-refractivity contribution is 9.10. The molecule has 0 aliphatic rings. The van der Waals surface area contributed by atoms with Crippen molar-refractivity contribution in [3.63, 3.8) is 0 Å². The van der Waals surface area contributed by atoms with Gasteiger partial charge in [0.2, 0.25) is 0 Å². The SMILES string of the molecule is COc1ccccc1NS(=O)(=O)c1cccc(C(=O)OCC(=O)Nc2ccc(Br)c(C)c2)c1. The summed E-state index contributed by atoms with van der Waals surface area (Å²) >= 11 is 3.38. The van der Waals surface area contributed by atoms with Gasteiger partial charge in [-0.15, -0.1) is 0 Å². The Labute approximate surface area is 200 Å². The molecule has 0 atom stereocenters. The van der Waals surface area contributed by atoms with Crippen molar-refractivity contribution in [2.45, 2.75) is 11.8 Å². The van der Waals surface area contributed by atoms with Gasteiger partial charge in [-0.25, -0.2) is 13.2 Å². The Morgan fingerprint density at radius 2 is 1.76 bits per heavy atom. The zero-order valence-corrected chi connectivity index (χ0v) is 20.2. The number of carbonyl (C=O) groups is 2. The maximum atomic E-state index is 12.8. The number of amides is 1. The van der Waals surface area contributed by atoms with Crippen LogP contribution in [0.25, 0.3) is 0 Å². The molecule has 0 bridgehead atoms. The van der Waals surface area contributed by atoms with E-state index in [1.165, 1.54) is 31.4 Å². The standard InChI is InChI=1S/C23H21BrN2O6S/c1-15-12-17(10-11-19(15)24)25-22(27)14-32-23(28)16-6-5-7-18(13-16)33(29,30)26-20-8-3-4-9-21(20)31-2/h3-13,26H,14H2,1-2H3,(H,25,27). The van der Waals surface area contributed by atoms with Crippen molar-refractivity contribution in [1.82, 2.24) is 0 Å². The Morgan fingerprint density at radius 3 is 2.48 bits per heavy atom. The average molecular weight is 533 g/mol. The Balaban J connectivity index is 1.66. The summed E-state index contributed by atoms with van der Waals surface area (Å²) in [6, 6.07) is 17.2. The minimum atomic E-state index is -4.00. The maximum absolute atomic E-state index is 12.8. The summed E-state index contributed by atoms with van der Waals surface area (Å²) in [6.07, 6.45) is 0. The Hall–Kier alpha value is -3.37. The van der Waals surface area contributed by atoms with E-state index in [0.29, 0.717) is 11.4 Å². The summed E-state index contributed by atoms with van der Waals surface area (Å²) in [5.74, 6) is -0.998. The molecule has 33 heavy (non-hydrogen) atoms. The van der Waals surface area contributed by atoms with Gasteiger partial charge in [-0.1, -0.05) is 34.1 Å². The van der Waals surface area contributed by atoms with Crippen molar-refractivity contribution in [3.05, 3.63) is 82.3 Å².